The van der Waals surface area contributed by atoms with Crippen molar-refractivity contribution in [2.24, 2.45) is 0 Å². The molecule has 3 rings (SSSR count). The van der Waals surface area contributed by atoms with Crippen molar-refractivity contribution in [2.45, 2.75) is 25.4 Å². The zero-order valence-electron chi connectivity index (χ0n) is 14.7. The topological polar surface area (TPSA) is 61.4 Å². The molecule has 2 N–H and O–H groups in total. The third-order valence-electron chi connectivity index (χ3n) is 4.13. The summed E-state index contributed by atoms with van der Waals surface area (Å²) in [6, 6.07) is 13.6. The Balaban J connectivity index is 1.54. The van der Waals surface area contributed by atoms with E-state index in [1.165, 1.54) is 6.07 Å². The molecule has 6 heteroatoms. The summed E-state index contributed by atoms with van der Waals surface area (Å²) in [7, 11) is 1.76. The number of hydrogen-bond donors (Lipinski definition) is 2. The standard InChI is InChI=1S/C20H22FN3O2/c1-24(12-15-5-2-3-8-18(15)21)13-19(25)22-17-7-4-6-14(11-17)20(26)23-16-9-10-16/h2-8,11,16H,9-10,12-13H2,1H3,(H,22,25)(H,23,26). The van der Waals surface area contributed by atoms with Crippen molar-refractivity contribution in [3.05, 3.63) is 65.5 Å². The minimum absolute atomic E-state index is 0.118. The van der Waals surface area contributed by atoms with Gasteiger partial charge in [-0.3, -0.25) is 14.5 Å². The number of hydrogen-bond acceptors (Lipinski definition) is 3. The van der Waals surface area contributed by atoms with Crippen LogP contribution in [0, 0.1) is 5.82 Å². The van der Waals surface area contributed by atoms with Crippen LogP contribution in [0.5, 0.6) is 0 Å². The van der Waals surface area contributed by atoms with Crippen LogP contribution in [0.3, 0.4) is 0 Å². The fourth-order valence-corrected chi connectivity index (χ4v) is 2.65. The molecule has 1 saturated carbocycles. The number of nitrogens with one attached hydrogen (secondary N) is 2. The smallest absolute Gasteiger partial charge is 0.251 e. The summed E-state index contributed by atoms with van der Waals surface area (Å²) in [5, 5.41) is 5.70. The average Bonchev–Trinajstić information content (AvgIpc) is 3.41. The van der Waals surface area contributed by atoms with Crippen molar-refractivity contribution in [3.63, 3.8) is 0 Å². The molecule has 1 aliphatic rings. The molecule has 0 spiro atoms. The molecule has 1 aliphatic carbocycles. The van der Waals surface area contributed by atoms with E-state index in [1.807, 2.05) is 0 Å². The number of carbonyl (C=O) groups is 2. The van der Waals surface area contributed by atoms with Gasteiger partial charge in [0.15, 0.2) is 0 Å². The van der Waals surface area contributed by atoms with Gasteiger partial charge >= 0.3 is 0 Å². The van der Waals surface area contributed by atoms with E-state index in [0.717, 1.165) is 12.8 Å². The van der Waals surface area contributed by atoms with Gasteiger partial charge in [0, 0.05) is 29.4 Å². The highest BCUT2D eigenvalue weighted by Gasteiger charge is 2.23. The van der Waals surface area contributed by atoms with Gasteiger partial charge in [-0.05, 0) is 44.2 Å². The largest absolute Gasteiger partial charge is 0.349 e. The van der Waals surface area contributed by atoms with Crippen LogP contribution in [0.2, 0.25) is 0 Å². The Morgan fingerprint density at radius 1 is 1.15 bits per heavy atom. The van der Waals surface area contributed by atoms with Crippen molar-refractivity contribution in [2.75, 3.05) is 18.9 Å². The average molecular weight is 355 g/mol. The minimum Gasteiger partial charge on any atom is -0.349 e. The lowest BCUT2D eigenvalue weighted by Crippen LogP contribution is -2.30. The van der Waals surface area contributed by atoms with Gasteiger partial charge in [-0.25, -0.2) is 4.39 Å². The number of carbonyl (C=O) groups excluding carboxylic acids is 2. The van der Waals surface area contributed by atoms with E-state index >= 15 is 0 Å². The molecule has 0 saturated heterocycles. The second kappa shape index (κ2) is 8.10. The molecule has 0 bridgehead atoms. The summed E-state index contributed by atoms with van der Waals surface area (Å²) in [4.78, 5) is 26.0. The number of likely N-dealkylation sites (N-methyl/N-ethyl adjacent to an activating group) is 1. The third-order valence-corrected chi connectivity index (χ3v) is 4.13. The summed E-state index contributed by atoms with van der Waals surface area (Å²) in [5.74, 6) is -0.627. The molecule has 136 valence electrons. The summed E-state index contributed by atoms with van der Waals surface area (Å²) in [5.41, 5.74) is 1.63. The van der Waals surface area contributed by atoms with Gasteiger partial charge < -0.3 is 10.6 Å². The quantitative estimate of drug-likeness (QED) is 0.803. The monoisotopic (exact) mass is 355 g/mol. The number of benzene rings is 2. The van der Waals surface area contributed by atoms with E-state index in [1.54, 1.807) is 54.4 Å². The maximum Gasteiger partial charge on any atom is 0.251 e. The molecule has 0 aromatic heterocycles. The normalized spacial score (nSPS) is 13.5. The summed E-state index contributed by atoms with van der Waals surface area (Å²) in [6.45, 7) is 0.455. The first-order valence-corrected chi connectivity index (χ1v) is 8.64. The molecule has 0 aliphatic heterocycles. The molecule has 1 fully saturated rings. The Hall–Kier alpha value is -2.73. The van der Waals surface area contributed by atoms with Gasteiger partial charge in [0.25, 0.3) is 5.91 Å². The van der Waals surface area contributed by atoms with Crippen molar-refractivity contribution in [1.29, 1.82) is 0 Å². The molecular formula is C20H22FN3O2. The van der Waals surface area contributed by atoms with Gasteiger partial charge in [0.05, 0.1) is 6.54 Å². The molecule has 0 heterocycles. The lowest BCUT2D eigenvalue weighted by atomic mass is 10.2. The predicted octanol–water partition coefficient (Wildman–Crippen LogP) is 2.79. The highest BCUT2D eigenvalue weighted by Crippen LogP contribution is 2.20. The fourth-order valence-electron chi connectivity index (χ4n) is 2.65. The molecule has 2 amide bonds. The zero-order chi connectivity index (χ0) is 18.5. The maximum atomic E-state index is 13.7. The van der Waals surface area contributed by atoms with Gasteiger partial charge in [-0.15, -0.1) is 0 Å². The molecule has 5 nitrogen and oxygen atoms in total. The van der Waals surface area contributed by atoms with Gasteiger partial charge in [-0.1, -0.05) is 24.3 Å². The Morgan fingerprint density at radius 2 is 1.92 bits per heavy atom. The van der Waals surface area contributed by atoms with Crippen LogP contribution in [0.15, 0.2) is 48.5 Å². The van der Waals surface area contributed by atoms with Crippen LogP contribution in [-0.4, -0.2) is 36.3 Å². The second-order valence-electron chi connectivity index (χ2n) is 6.64. The Bertz CT molecular complexity index is 805. The number of halogens is 1. The summed E-state index contributed by atoms with van der Waals surface area (Å²) >= 11 is 0. The van der Waals surface area contributed by atoms with E-state index in [4.69, 9.17) is 0 Å². The van der Waals surface area contributed by atoms with E-state index in [9.17, 15) is 14.0 Å². The van der Waals surface area contributed by atoms with Crippen molar-refractivity contribution >= 4 is 17.5 Å². The summed E-state index contributed by atoms with van der Waals surface area (Å²) in [6.07, 6.45) is 2.05. The van der Waals surface area contributed by atoms with E-state index < -0.39 is 0 Å². The molecular weight excluding hydrogens is 333 g/mol. The lowest BCUT2D eigenvalue weighted by Gasteiger charge is -2.17. The lowest BCUT2D eigenvalue weighted by molar-refractivity contribution is -0.117. The highest BCUT2D eigenvalue weighted by atomic mass is 19.1. The summed E-state index contributed by atoms with van der Waals surface area (Å²) < 4.78 is 13.7. The van der Waals surface area contributed by atoms with E-state index in [0.29, 0.717) is 23.4 Å². The zero-order valence-corrected chi connectivity index (χ0v) is 14.7. The van der Waals surface area contributed by atoms with Crippen LogP contribution in [0.4, 0.5) is 10.1 Å². The van der Waals surface area contributed by atoms with E-state index in [2.05, 4.69) is 10.6 Å². The number of anilines is 1. The van der Waals surface area contributed by atoms with Gasteiger partial charge in [0.2, 0.25) is 5.91 Å². The predicted molar refractivity (Wildman–Crippen MR) is 98.3 cm³/mol. The first-order valence-electron chi connectivity index (χ1n) is 8.64. The first kappa shape index (κ1) is 18.1. The van der Waals surface area contributed by atoms with Crippen LogP contribution in [-0.2, 0) is 11.3 Å². The molecule has 0 atom stereocenters. The Morgan fingerprint density at radius 3 is 2.65 bits per heavy atom. The van der Waals surface area contributed by atoms with Crippen molar-refractivity contribution in [1.82, 2.24) is 10.2 Å². The van der Waals surface area contributed by atoms with Crippen LogP contribution < -0.4 is 10.6 Å². The molecule has 0 radical (unpaired) electrons. The SMILES string of the molecule is CN(CC(=O)Nc1cccc(C(=O)NC2CC2)c1)Cc1ccccc1F. The third kappa shape index (κ3) is 5.13. The van der Waals surface area contributed by atoms with Crippen LogP contribution in [0.1, 0.15) is 28.8 Å². The molecule has 2 aromatic rings. The number of rotatable bonds is 7. The minimum atomic E-state index is -0.283. The fraction of sp³-hybridized carbons (Fsp3) is 0.300. The van der Waals surface area contributed by atoms with Crippen LogP contribution in [0.25, 0.3) is 0 Å². The molecule has 0 unspecified atom stereocenters. The van der Waals surface area contributed by atoms with E-state index in [-0.39, 0.29) is 30.2 Å². The van der Waals surface area contributed by atoms with Gasteiger partial charge in [0.1, 0.15) is 5.82 Å². The van der Waals surface area contributed by atoms with Crippen molar-refractivity contribution in [3.8, 4) is 0 Å². The molecule has 26 heavy (non-hydrogen) atoms. The molecule has 2 aromatic carbocycles. The number of amides is 2. The number of nitrogens with zero attached hydrogens (tertiary/aromatic N) is 1. The Labute approximate surface area is 152 Å². The van der Waals surface area contributed by atoms with Crippen molar-refractivity contribution < 1.29 is 14.0 Å². The van der Waals surface area contributed by atoms with Gasteiger partial charge in [-0.2, -0.15) is 0 Å². The Kier molecular flexibility index (Phi) is 5.63. The highest BCUT2D eigenvalue weighted by molar-refractivity contribution is 5.97. The van der Waals surface area contributed by atoms with Crippen LogP contribution >= 0.6 is 0 Å². The second-order valence-corrected chi connectivity index (χ2v) is 6.64. The first-order chi connectivity index (χ1) is 12.5. The maximum absolute atomic E-state index is 13.7.